The van der Waals surface area contributed by atoms with Crippen LogP contribution in [0.2, 0.25) is 5.02 Å². The van der Waals surface area contributed by atoms with Gasteiger partial charge in [-0.1, -0.05) is 110 Å². The van der Waals surface area contributed by atoms with Gasteiger partial charge in [0.25, 0.3) is 10.0 Å². The van der Waals surface area contributed by atoms with Crippen LogP contribution in [0.15, 0.2) is 120 Å². The highest BCUT2D eigenvalue weighted by molar-refractivity contribution is 7.92. The van der Waals surface area contributed by atoms with Crippen LogP contribution in [0.5, 0.6) is 0 Å². The number of anilines is 1. The molecule has 1 atom stereocenters. The molecule has 4 aromatic rings. The molecule has 0 aromatic heterocycles. The lowest BCUT2D eigenvalue weighted by molar-refractivity contribution is -0.140. The van der Waals surface area contributed by atoms with Gasteiger partial charge in [-0.3, -0.25) is 13.9 Å². The number of hydrogen-bond donors (Lipinski definition) is 1. The molecule has 224 valence electrons. The molecule has 4 rings (SSSR count). The maximum atomic E-state index is 14.4. The highest BCUT2D eigenvalue weighted by atomic mass is 35.5. The molecular formula is C34H36ClN3O4S. The topological polar surface area (TPSA) is 86.8 Å². The molecule has 4 aromatic carbocycles. The third-order valence-electron chi connectivity index (χ3n) is 7.05. The molecule has 43 heavy (non-hydrogen) atoms. The van der Waals surface area contributed by atoms with Crippen LogP contribution in [0, 0.1) is 0 Å². The van der Waals surface area contributed by atoms with Gasteiger partial charge in [0.05, 0.1) is 10.6 Å². The van der Waals surface area contributed by atoms with Crippen molar-refractivity contribution in [2.45, 2.75) is 43.7 Å². The highest BCUT2D eigenvalue weighted by Gasteiger charge is 2.34. The second kappa shape index (κ2) is 15.4. The quantitative estimate of drug-likeness (QED) is 0.174. The zero-order valence-corrected chi connectivity index (χ0v) is 25.7. The van der Waals surface area contributed by atoms with E-state index in [1.165, 1.54) is 17.0 Å². The van der Waals surface area contributed by atoms with E-state index >= 15 is 0 Å². The first-order valence-electron chi connectivity index (χ1n) is 14.3. The smallest absolute Gasteiger partial charge is 0.264 e. The van der Waals surface area contributed by atoms with Gasteiger partial charge in [-0.15, -0.1) is 0 Å². The lowest BCUT2D eigenvalue weighted by Crippen LogP contribution is -2.53. The average Bonchev–Trinajstić information content (AvgIpc) is 3.03. The Bertz CT molecular complexity index is 1590. The van der Waals surface area contributed by atoms with Crippen molar-refractivity contribution in [2.24, 2.45) is 0 Å². The van der Waals surface area contributed by atoms with E-state index in [0.29, 0.717) is 22.8 Å². The molecule has 2 amide bonds. The molecule has 0 heterocycles. The third-order valence-corrected chi connectivity index (χ3v) is 9.21. The Morgan fingerprint density at radius 3 is 2.02 bits per heavy atom. The minimum atomic E-state index is -4.13. The number of unbranched alkanes of at least 4 members (excludes halogenated alkanes) is 1. The second-order valence-corrected chi connectivity index (χ2v) is 12.4. The molecule has 0 bridgehead atoms. The van der Waals surface area contributed by atoms with Crippen molar-refractivity contribution in [3.05, 3.63) is 131 Å². The van der Waals surface area contributed by atoms with E-state index in [2.05, 4.69) is 5.32 Å². The number of carbonyl (C=O) groups is 2. The van der Waals surface area contributed by atoms with Crippen LogP contribution in [-0.4, -0.2) is 44.3 Å². The van der Waals surface area contributed by atoms with Gasteiger partial charge in [0.15, 0.2) is 0 Å². The molecule has 0 saturated carbocycles. The Balaban J connectivity index is 1.77. The van der Waals surface area contributed by atoms with Crippen molar-refractivity contribution in [2.75, 3.05) is 17.4 Å². The zero-order valence-electron chi connectivity index (χ0n) is 24.1. The third kappa shape index (κ3) is 8.46. The molecule has 0 aliphatic heterocycles. The SMILES string of the molecule is CCCCNC(=O)C(Cc1ccccc1)N(Cc1ccccc1Cl)C(=O)CN(c1ccccc1)S(=O)(=O)c1ccccc1. The maximum absolute atomic E-state index is 14.4. The summed E-state index contributed by atoms with van der Waals surface area (Å²) in [4.78, 5) is 29.6. The zero-order chi connectivity index (χ0) is 30.7. The molecule has 9 heteroatoms. The van der Waals surface area contributed by atoms with Crippen molar-refractivity contribution in [1.82, 2.24) is 10.2 Å². The van der Waals surface area contributed by atoms with Crippen LogP contribution >= 0.6 is 11.6 Å². The lowest BCUT2D eigenvalue weighted by Gasteiger charge is -2.34. The number of halogens is 1. The van der Waals surface area contributed by atoms with Gasteiger partial charge in [-0.2, -0.15) is 0 Å². The van der Waals surface area contributed by atoms with Crippen LogP contribution in [0.1, 0.15) is 30.9 Å². The summed E-state index contributed by atoms with van der Waals surface area (Å²) >= 11 is 6.53. The summed E-state index contributed by atoms with van der Waals surface area (Å²) in [6.07, 6.45) is 1.93. The van der Waals surface area contributed by atoms with Gasteiger partial charge in [-0.05, 0) is 47.9 Å². The number of carbonyl (C=O) groups excluding carboxylic acids is 2. The van der Waals surface area contributed by atoms with Crippen molar-refractivity contribution in [3.8, 4) is 0 Å². The number of hydrogen-bond acceptors (Lipinski definition) is 4. The van der Waals surface area contributed by atoms with Crippen molar-refractivity contribution >= 4 is 39.1 Å². The Morgan fingerprint density at radius 2 is 1.40 bits per heavy atom. The molecule has 7 nitrogen and oxygen atoms in total. The Hall–Kier alpha value is -4.14. The van der Waals surface area contributed by atoms with E-state index in [-0.39, 0.29) is 23.8 Å². The molecule has 0 aliphatic rings. The minimum Gasteiger partial charge on any atom is -0.354 e. The van der Waals surface area contributed by atoms with Crippen LogP contribution in [0.3, 0.4) is 0 Å². The Kier molecular flexibility index (Phi) is 11.4. The first kappa shape index (κ1) is 31.8. The second-order valence-electron chi connectivity index (χ2n) is 10.1. The minimum absolute atomic E-state index is 0.0191. The largest absolute Gasteiger partial charge is 0.354 e. The van der Waals surface area contributed by atoms with Gasteiger partial charge < -0.3 is 10.2 Å². The fraction of sp³-hybridized carbons (Fsp3) is 0.235. The first-order chi connectivity index (χ1) is 20.8. The molecule has 0 fully saturated rings. The van der Waals surface area contributed by atoms with E-state index in [1.54, 1.807) is 66.7 Å². The van der Waals surface area contributed by atoms with E-state index in [4.69, 9.17) is 11.6 Å². The van der Waals surface area contributed by atoms with Crippen molar-refractivity contribution in [3.63, 3.8) is 0 Å². The van der Waals surface area contributed by atoms with Crippen LogP contribution in [-0.2, 0) is 32.6 Å². The molecule has 1 unspecified atom stereocenters. The fourth-order valence-electron chi connectivity index (χ4n) is 4.71. The number of amides is 2. The van der Waals surface area contributed by atoms with E-state index in [1.807, 2.05) is 43.3 Å². The molecule has 0 aliphatic carbocycles. The number of nitrogens with one attached hydrogen (secondary N) is 1. The average molecular weight is 618 g/mol. The summed E-state index contributed by atoms with van der Waals surface area (Å²) in [5.41, 5.74) is 1.85. The van der Waals surface area contributed by atoms with Crippen molar-refractivity contribution in [1.29, 1.82) is 0 Å². The van der Waals surface area contributed by atoms with E-state index in [0.717, 1.165) is 22.7 Å². The molecule has 1 N–H and O–H groups in total. The summed E-state index contributed by atoms with van der Waals surface area (Å²) < 4.78 is 29.0. The Labute approximate surface area is 259 Å². The van der Waals surface area contributed by atoms with Gasteiger partial charge >= 0.3 is 0 Å². The monoisotopic (exact) mass is 617 g/mol. The molecular weight excluding hydrogens is 582 g/mol. The number of para-hydroxylation sites is 1. The Morgan fingerprint density at radius 1 is 0.814 bits per heavy atom. The number of rotatable bonds is 14. The van der Waals surface area contributed by atoms with Crippen molar-refractivity contribution < 1.29 is 18.0 Å². The maximum Gasteiger partial charge on any atom is 0.264 e. The summed E-state index contributed by atoms with van der Waals surface area (Å²) in [6.45, 7) is 2.00. The summed E-state index contributed by atoms with van der Waals surface area (Å²) in [5.74, 6) is -0.843. The summed E-state index contributed by atoms with van der Waals surface area (Å²) in [5, 5.41) is 3.43. The highest BCUT2D eigenvalue weighted by Crippen LogP contribution is 2.26. The van der Waals surface area contributed by atoms with E-state index < -0.39 is 28.5 Å². The van der Waals surface area contributed by atoms with Crippen LogP contribution in [0.25, 0.3) is 0 Å². The normalized spacial score (nSPS) is 11.9. The molecule has 0 saturated heterocycles. The van der Waals surface area contributed by atoms with Crippen LogP contribution < -0.4 is 9.62 Å². The summed E-state index contributed by atoms with van der Waals surface area (Å²) in [7, 11) is -4.13. The predicted octanol–water partition coefficient (Wildman–Crippen LogP) is 6.09. The molecule has 0 spiro atoms. The summed E-state index contributed by atoms with van der Waals surface area (Å²) in [6, 6.07) is 32.2. The van der Waals surface area contributed by atoms with Gasteiger partial charge in [0.1, 0.15) is 12.6 Å². The first-order valence-corrected chi connectivity index (χ1v) is 16.1. The van der Waals surface area contributed by atoms with Crippen LogP contribution in [0.4, 0.5) is 5.69 Å². The van der Waals surface area contributed by atoms with Gasteiger partial charge in [0, 0.05) is 24.5 Å². The standard InChI is InChI=1S/C34H36ClN3O4S/c1-2-3-23-36-34(40)32(24-27-15-7-4-8-16-27)37(25-28-17-13-14-22-31(28)35)33(39)26-38(29-18-9-5-10-19-29)43(41,42)30-20-11-6-12-21-30/h4-22,32H,2-3,23-26H2,1H3,(H,36,40). The van der Waals surface area contributed by atoms with Gasteiger partial charge in [-0.25, -0.2) is 8.42 Å². The number of nitrogens with zero attached hydrogens (tertiary/aromatic N) is 2. The number of sulfonamides is 1. The lowest BCUT2D eigenvalue weighted by atomic mass is 10.0. The molecule has 0 radical (unpaired) electrons. The van der Waals surface area contributed by atoms with E-state index in [9.17, 15) is 18.0 Å². The fourth-order valence-corrected chi connectivity index (χ4v) is 6.34. The number of benzene rings is 4. The van der Waals surface area contributed by atoms with Gasteiger partial charge in [0.2, 0.25) is 11.8 Å². The predicted molar refractivity (Wildman–Crippen MR) is 171 cm³/mol.